The van der Waals surface area contributed by atoms with Crippen LogP contribution in [0, 0.1) is 11.6 Å². The summed E-state index contributed by atoms with van der Waals surface area (Å²) in [6.45, 7) is 2.05. The predicted molar refractivity (Wildman–Crippen MR) is 113 cm³/mol. The Morgan fingerprint density at radius 3 is 2.18 bits per heavy atom. The lowest BCUT2D eigenvalue weighted by atomic mass is 10.0. The van der Waals surface area contributed by atoms with Crippen LogP contribution in [0.5, 0.6) is 11.5 Å². The summed E-state index contributed by atoms with van der Waals surface area (Å²) < 4.78 is 91.0. The maximum Gasteiger partial charge on any atom is 0.429 e. The number of allylic oxidation sites excluding steroid dienone is 1. The van der Waals surface area contributed by atoms with Gasteiger partial charge in [-0.05, 0) is 47.4 Å². The normalized spacial score (nSPS) is 11.9. The Balaban J connectivity index is 1.76. The number of alkyl halides is 4. The molecule has 0 aliphatic rings. The quantitative estimate of drug-likeness (QED) is 0.236. The van der Waals surface area contributed by atoms with Gasteiger partial charge in [0, 0.05) is 12.1 Å². The van der Waals surface area contributed by atoms with Crippen LogP contribution in [0.1, 0.15) is 24.5 Å². The molecule has 0 unspecified atom stereocenters. The molecule has 3 aromatic rings. The average Bonchev–Trinajstić information content (AvgIpc) is 2.75. The number of ether oxygens (including phenoxy) is 2. The Labute approximate surface area is 187 Å². The molecule has 3 rings (SSSR count). The first-order chi connectivity index (χ1) is 15.7. The molecule has 174 valence electrons. The molecule has 0 aromatic heterocycles. The molecule has 0 aliphatic heterocycles. The van der Waals surface area contributed by atoms with E-state index in [4.69, 9.17) is 0 Å². The Hall–Kier alpha value is -3.42. The lowest BCUT2D eigenvalue weighted by molar-refractivity contribution is -0.187. The topological polar surface area (TPSA) is 18.5 Å². The molecule has 0 bridgehead atoms. The monoisotopic (exact) mass is 466 g/mol. The van der Waals surface area contributed by atoms with E-state index < -0.39 is 41.2 Å². The molecule has 0 saturated carbocycles. The first kappa shape index (κ1) is 24.2. The fourth-order valence-corrected chi connectivity index (χ4v) is 3.10. The van der Waals surface area contributed by atoms with Crippen molar-refractivity contribution >= 4 is 0 Å². The number of aryl methyl sites for hydroxylation is 1. The van der Waals surface area contributed by atoms with Crippen molar-refractivity contribution < 1.29 is 35.8 Å². The van der Waals surface area contributed by atoms with Gasteiger partial charge >= 0.3 is 6.11 Å². The first-order valence-corrected chi connectivity index (χ1v) is 10.1. The maximum absolute atomic E-state index is 14.6. The molecule has 8 heteroatoms. The van der Waals surface area contributed by atoms with E-state index in [0.29, 0.717) is 29.5 Å². The van der Waals surface area contributed by atoms with Crippen molar-refractivity contribution in [3.05, 3.63) is 95.8 Å². The summed E-state index contributed by atoms with van der Waals surface area (Å²) >= 11 is 0. The highest BCUT2D eigenvalue weighted by Gasteiger charge is 2.38. The maximum atomic E-state index is 14.6. The minimum Gasteiger partial charge on any atom is -0.462 e. The van der Waals surface area contributed by atoms with Crippen molar-refractivity contribution in [3.63, 3.8) is 0 Å². The summed E-state index contributed by atoms with van der Waals surface area (Å²) in [5.74, 6) is -3.38. The molecule has 0 radical (unpaired) electrons. The smallest absolute Gasteiger partial charge is 0.429 e. The van der Waals surface area contributed by atoms with E-state index in [9.17, 15) is 26.3 Å². The van der Waals surface area contributed by atoms with Crippen LogP contribution in [0.3, 0.4) is 0 Å². The van der Waals surface area contributed by atoms with Gasteiger partial charge in [-0.1, -0.05) is 43.7 Å². The molecule has 0 fully saturated rings. The van der Waals surface area contributed by atoms with E-state index in [1.54, 1.807) is 12.1 Å². The van der Waals surface area contributed by atoms with Crippen LogP contribution in [0.4, 0.5) is 26.3 Å². The largest absolute Gasteiger partial charge is 0.462 e. The molecular weight excluding hydrogens is 446 g/mol. The zero-order valence-corrected chi connectivity index (χ0v) is 17.5. The second-order valence-electron chi connectivity index (χ2n) is 7.13. The molecule has 0 amide bonds. The van der Waals surface area contributed by atoms with Gasteiger partial charge in [-0.25, -0.2) is 17.6 Å². The second kappa shape index (κ2) is 10.5. The van der Waals surface area contributed by atoms with Crippen LogP contribution in [0.25, 0.3) is 11.1 Å². The minimum atomic E-state index is -4.10. The number of halogens is 6. The molecule has 0 saturated heterocycles. The van der Waals surface area contributed by atoms with Crippen molar-refractivity contribution in [1.82, 2.24) is 0 Å². The van der Waals surface area contributed by atoms with Crippen LogP contribution >= 0.6 is 0 Å². The van der Waals surface area contributed by atoms with E-state index in [1.165, 1.54) is 6.07 Å². The van der Waals surface area contributed by atoms with Crippen LogP contribution in [0.2, 0.25) is 0 Å². The van der Waals surface area contributed by atoms with Crippen LogP contribution in [-0.2, 0) is 12.5 Å². The fourth-order valence-electron chi connectivity index (χ4n) is 3.10. The SMILES string of the molecule is CCCc1ccc(-c2ccc(C(F)(F)Oc3ccc(OC=CC(F)F)c(F)c3)c(F)c2)cc1. The number of hydrogen-bond acceptors (Lipinski definition) is 2. The predicted octanol–water partition coefficient (Wildman–Crippen LogP) is 7.87. The summed E-state index contributed by atoms with van der Waals surface area (Å²) in [4.78, 5) is 0. The van der Waals surface area contributed by atoms with Crippen LogP contribution in [-0.4, -0.2) is 6.43 Å². The molecule has 3 aromatic carbocycles. The van der Waals surface area contributed by atoms with Crippen LogP contribution in [0.15, 0.2) is 73.0 Å². The van der Waals surface area contributed by atoms with E-state index in [1.807, 2.05) is 12.1 Å². The highest BCUT2D eigenvalue weighted by atomic mass is 19.3. The third-order valence-corrected chi connectivity index (χ3v) is 4.68. The molecule has 0 aliphatic carbocycles. The zero-order valence-electron chi connectivity index (χ0n) is 17.5. The van der Waals surface area contributed by atoms with E-state index in [-0.39, 0.29) is 0 Å². The molecule has 0 spiro atoms. The van der Waals surface area contributed by atoms with Gasteiger partial charge in [0.25, 0.3) is 6.43 Å². The standard InChI is InChI=1S/C25H20F6O2/c1-2-3-16-4-6-17(7-5-16)18-8-10-20(21(26)14-18)25(30,31)33-19-9-11-23(22(27)15-19)32-13-12-24(28)29/h4-15,24H,2-3H2,1H3. The third kappa shape index (κ3) is 6.31. The van der Waals surface area contributed by atoms with Crippen LogP contribution < -0.4 is 9.47 Å². The number of benzene rings is 3. The van der Waals surface area contributed by atoms with Gasteiger partial charge in [-0.15, -0.1) is 0 Å². The summed E-state index contributed by atoms with van der Waals surface area (Å²) in [5, 5.41) is 0. The molecular formula is C25H20F6O2. The summed E-state index contributed by atoms with van der Waals surface area (Å²) in [6, 6.07) is 13.1. The molecule has 33 heavy (non-hydrogen) atoms. The van der Waals surface area contributed by atoms with Crippen molar-refractivity contribution in [3.8, 4) is 22.6 Å². The highest BCUT2D eigenvalue weighted by Crippen LogP contribution is 2.36. The second-order valence-corrected chi connectivity index (χ2v) is 7.13. The Kier molecular flexibility index (Phi) is 7.68. The summed E-state index contributed by atoms with van der Waals surface area (Å²) in [7, 11) is 0. The molecule has 0 heterocycles. The first-order valence-electron chi connectivity index (χ1n) is 10.1. The number of rotatable bonds is 9. The van der Waals surface area contributed by atoms with Gasteiger partial charge in [0.1, 0.15) is 11.6 Å². The van der Waals surface area contributed by atoms with Gasteiger partial charge in [0.15, 0.2) is 11.6 Å². The van der Waals surface area contributed by atoms with Gasteiger partial charge in [0.05, 0.1) is 11.8 Å². The van der Waals surface area contributed by atoms with Crippen molar-refractivity contribution in [2.24, 2.45) is 0 Å². The lowest BCUT2D eigenvalue weighted by Crippen LogP contribution is -2.23. The molecule has 2 nitrogen and oxygen atoms in total. The minimum absolute atomic E-state index is 0.379. The highest BCUT2D eigenvalue weighted by molar-refractivity contribution is 5.64. The van der Waals surface area contributed by atoms with Gasteiger partial charge in [0.2, 0.25) is 0 Å². The Bertz CT molecular complexity index is 1110. The molecule has 0 N–H and O–H groups in total. The van der Waals surface area contributed by atoms with Gasteiger partial charge in [-0.2, -0.15) is 8.78 Å². The average molecular weight is 466 g/mol. The third-order valence-electron chi connectivity index (χ3n) is 4.68. The van der Waals surface area contributed by atoms with Crippen molar-refractivity contribution in [2.45, 2.75) is 32.3 Å². The number of hydrogen-bond donors (Lipinski definition) is 0. The summed E-state index contributed by atoms with van der Waals surface area (Å²) in [5.41, 5.74) is 1.18. The van der Waals surface area contributed by atoms with Crippen molar-refractivity contribution in [1.29, 1.82) is 0 Å². The van der Waals surface area contributed by atoms with Gasteiger partial charge < -0.3 is 9.47 Å². The van der Waals surface area contributed by atoms with Gasteiger partial charge in [-0.3, -0.25) is 0 Å². The van der Waals surface area contributed by atoms with E-state index in [0.717, 1.165) is 42.7 Å². The summed E-state index contributed by atoms with van der Waals surface area (Å²) in [6.07, 6.45) is -4.06. The van der Waals surface area contributed by atoms with E-state index in [2.05, 4.69) is 16.4 Å². The zero-order chi connectivity index (χ0) is 24.0. The van der Waals surface area contributed by atoms with Crippen molar-refractivity contribution in [2.75, 3.05) is 0 Å². The molecule has 0 atom stereocenters. The fraction of sp³-hybridized carbons (Fsp3) is 0.200. The lowest BCUT2D eigenvalue weighted by Gasteiger charge is -2.19. The Morgan fingerprint density at radius 2 is 1.58 bits per heavy atom. The Morgan fingerprint density at radius 1 is 0.879 bits per heavy atom. The van der Waals surface area contributed by atoms with E-state index >= 15 is 0 Å².